The van der Waals surface area contributed by atoms with Crippen molar-refractivity contribution in [3.63, 3.8) is 0 Å². The van der Waals surface area contributed by atoms with Crippen LogP contribution in [0.3, 0.4) is 0 Å². The Bertz CT molecular complexity index is 258. The zero-order chi connectivity index (χ0) is 8.27. The molecule has 0 saturated heterocycles. The first-order chi connectivity index (χ1) is 5.24. The van der Waals surface area contributed by atoms with Gasteiger partial charge >= 0.3 is 5.97 Å². The van der Waals surface area contributed by atoms with Crippen LogP contribution in [0.2, 0.25) is 0 Å². The van der Waals surface area contributed by atoms with E-state index in [1.54, 1.807) is 24.5 Å². The molecule has 0 saturated carbocycles. The molecule has 4 heteroatoms. The van der Waals surface area contributed by atoms with Crippen molar-refractivity contribution in [2.24, 2.45) is 7.05 Å². The molecule has 0 amide bonds. The number of methoxy groups -OCH3 is 1. The third kappa shape index (κ3) is 2.77. The molecular formula is C8H10INO2. The van der Waals surface area contributed by atoms with Crippen LogP contribution >= 0.6 is 0 Å². The molecule has 0 aliphatic carbocycles. The quantitative estimate of drug-likeness (QED) is 0.318. The van der Waals surface area contributed by atoms with Crippen LogP contribution in [0.25, 0.3) is 0 Å². The van der Waals surface area contributed by atoms with Crippen LogP contribution in [0.4, 0.5) is 0 Å². The Morgan fingerprint density at radius 3 is 2.33 bits per heavy atom. The molecule has 0 N–H and O–H groups in total. The van der Waals surface area contributed by atoms with E-state index in [0.717, 1.165) is 0 Å². The molecule has 66 valence electrons. The molecule has 0 aliphatic heterocycles. The fourth-order valence-electron chi connectivity index (χ4n) is 0.755. The number of halogens is 1. The molecule has 12 heavy (non-hydrogen) atoms. The molecule has 0 spiro atoms. The Hall–Kier alpha value is -0.650. The molecule has 1 rings (SSSR count). The topological polar surface area (TPSA) is 30.2 Å². The van der Waals surface area contributed by atoms with Crippen molar-refractivity contribution in [1.82, 2.24) is 0 Å². The lowest BCUT2D eigenvalue weighted by Gasteiger charge is -1.95. The largest absolute Gasteiger partial charge is 1.00 e. The number of esters is 1. The van der Waals surface area contributed by atoms with Gasteiger partial charge in [-0.3, -0.25) is 0 Å². The smallest absolute Gasteiger partial charge is 0.338 e. The van der Waals surface area contributed by atoms with Gasteiger partial charge in [0.1, 0.15) is 7.05 Å². The first-order valence-electron chi connectivity index (χ1n) is 3.27. The summed E-state index contributed by atoms with van der Waals surface area (Å²) < 4.78 is 6.38. The molecule has 0 aliphatic rings. The number of carbonyl (C=O) groups excluding carboxylic acids is 1. The molecule has 0 unspecified atom stereocenters. The number of pyridine rings is 1. The molecule has 0 fully saturated rings. The molecule has 1 aromatic heterocycles. The van der Waals surface area contributed by atoms with E-state index in [4.69, 9.17) is 0 Å². The van der Waals surface area contributed by atoms with Crippen molar-refractivity contribution in [2.75, 3.05) is 7.11 Å². The van der Waals surface area contributed by atoms with Gasteiger partial charge in [0, 0.05) is 12.1 Å². The van der Waals surface area contributed by atoms with Crippen molar-refractivity contribution >= 4 is 5.97 Å². The van der Waals surface area contributed by atoms with Crippen LogP contribution < -0.4 is 28.5 Å². The highest BCUT2D eigenvalue weighted by molar-refractivity contribution is 5.88. The molecule has 3 nitrogen and oxygen atoms in total. The van der Waals surface area contributed by atoms with Crippen LogP contribution in [0.15, 0.2) is 24.5 Å². The molecule has 0 radical (unpaired) electrons. The second-order valence-electron chi connectivity index (χ2n) is 2.24. The van der Waals surface area contributed by atoms with Gasteiger partial charge in [0.05, 0.1) is 12.7 Å². The summed E-state index contributed by atoms with van der Waals surface area (Å²) in [7, 11) is 3.26. The van der Waals surface area contributed by atoms with Crippen molar-refractivity contribution in [3.8, 4) is 0 Å². The van der Waals surface area contributed by atoms with Crippen molar-refractivity contribution < 1.29 is 38.1 Å². The Morgan fingerprint density at radius 1 is 1.42 bits per heavy atom. The van der Waals surface area contributed by atoms with Gasteiger partial charge in [-0.05, 0) is 0 Å². The normalized spacial score (nSPS) is 8.50. The fourth-order valence-corrected chi connectivity index (χ4v) is 0.755. The number of ether oxygens (including phenoxy) is 1. The van der Waals surface area contributed by atoms with E-state index in [1.165, 1.54) is 7.11 Å². The van der Waals surface area contributed by atoms with Gasteiger partial charge in [0.2, 0.25) is 0 Å². The number of carbonyl (C=O) groups is 1. The van der Waals surface area contributed by atoms with E-state index in [9.17, 15) is 4.79 Å². The second-order valence-corrected chi connectivity index (χ2v) is 2.24. The van der Waals surface area contributed by atoms with Gasteiger partial charge in [0.25, 0.3) is 0 Å². The summed E-state index contributed by atoms with van der Waals surface area (Å²) in [4.78, 5) is 10.9. The van der Waals surface area contributed by atoms with E-state index in [2.05, 4.69) is 4.74 Å². The van der Waals surface area contributed by atoms with Crippen LogP contribution in [-0.2, 0) is 11.8 Å². The lowest BCUT2D eigenvalue weighted by atomic mass is 10.3. The Labute approximate surface area is 88.4 Å². The van der Waals surface area contributed by atoms with E-state index < -0.39 is 0 Å². The number of hydrogen-bond donors (Lipinski definition) is 0. The SMILES string of the molecule is COC(=O)c1cc[n+](C)cc1.[I-]. The minimum atomic E-state index is -0.300. The molecule has 1 aromatic rings. The minimum Gasteiger partial charge on any atom is -1.00 e. The van der Waals surface area contributed by atoms with Crippen LogP contribution in [0, 0.1) is 0 Å². The van der Waals surface area contributed by atoms with Gasteiger partial charge in [-0.1, -0.05) is 0 Å². The zero-order valence-electron chi connectivity index (χ0n) is 6.95. The van der Waals surface area contributed by atoms with E-state index in [1.807, 2.05) is 11.6 Å². The molecule has 1 heterocycles. The highest BCUT2D eigenvalue weighted by Crippen LogP contribution is 1.95. The molecular weight excluding hydrogens is 269 g/mol. The van der Waals surface area contributed by atoms with Gasteiger partial charge < -0.3 is 28.7 Å². The van der Waals surface area contributed by atoms with Gasteiger partial charge in [-0.15, -0.1) is 0 Å². The summed E-state index contributed by atoms with van der Waals surface area (Å²) in [6, 6.07) is 3.43. The van der Waals surface area contributed by atoms with Crippen molar-refractivity contribution in [3.05, 3.63) is 30.1 Å². The number of aromatic nitrogens is 1. The lowest BCUT2D eigenvalue weighted by molar-refractivity contribution is -0.671. The van der Waals surface area contributed by atoms with E-state index >= 15 is 0 Å². The molecule has 0 bridgehead atoms. The summed E-state index contributed by atoms with van der Waals surface area (Å²) in [5, 5.41) is 0. The van der Waals surface area contributed by atoms with Crippen LogP contribution in [0.5, 0.6) is 0 Å². The number of hydrogen-bond acceptors (Lipinski definition) is 2. The fraction of sp³-hybridized carbons (Fsp3) is 0.250. The van der Waals surface area contributed by atoms with Crippen LogP contribution in [0.1, 0.15) is 10.4 Å². The van der Waals surface area contributed by atoms with Gasteiger partial charge in [-0.2, -0.15) is 0 Å². The van der Waals surface area contributed by atoms with Gasteiger partial charge in [-0.25, -0.2) is 9.36 Å². The number of nitrogens with zero attached hydrogens (tertiary/aromatic N) is 1. The van der Waals surface area contributed by atoms with E-state index in [0.29, 0.717) is 5.56 Å². The standard InChI is InChI=1S/C8H10NO2.HI/c1-9-5-3-7(4-6-9)8(10)11-2;/h3-6H,1-2H3;1H/q+1;/p-1. The maximum atomic E-state index is 10.9. The Morgan fingerprint density at radius 2 is 1.92 bits per heavy atom. The van der Waals surface area contributed by atoms with E-state index in [-0.39, 0.29) is 29.9 Å². The van der Waals surface area contributed by atoms with Gasteiger partial charge in [0.15, 0.2) is 12.4 Å². The summed E-state index contributed by atoms with van der Waals surface area (Å²) in [6.45, 7) is 0. The minimum absolute atomic E-state index is 0. The summed E-state index contributed by atoms with van der Waals surface area (Å²) in [6.07, 6.45) is 3.60. The summed E-state index contributed by atoms with van der Waals surface area (Å²) in [5.41, 5.74) is 0.575. The highest BCUT2D eigenvalue weighted by Gasteiger charge is 2.04. The number of rotatable bonds is 1. The predicted molar refractivity (Wildman–Crippen MR) is 39.0 cm³/mol. The zero-order valence-corrected chi connectivity index (χ0v) is 9.11. The number of aryl methyl sites for hydroxylation is 1. The first-order valence-corrected chi connectivity index (χ1v) is 3.27. The highest BCUT2D eigenvalue weighted by atomic mass is 127. The van der Waals surface area contributed by atoms with Crippen molar-refractivity contribution in [1.29, 1.82) is 0 Å². The summed E-state index contributed by atoms with van der Waals surface area (Å²) in [5.74, 6) is -0.300. The molecule has 0 aromatic carbocycles. The first kappa shape index (κ1) is 11.4. The monoisotopic (exact) mass is 279 g/mol. The lowest BCUT2D eigenvalue weighted by Crippen LogP contribution is -3.00. The third-order valence-electron chi connectivity index (χ3n) is 1.40. The van der Waals surface area contributed by atoms with Crippen molar-refractivity contribution in [2.45, 2.75) is 0 Å². The van der Waals surface area contributed by atoms with Crippen LogP contribution in [-0.4, -0.2) is 13.1 Å². The maximum absolute atomic E-state index is 10.9. The Balaban J connectivity index is 0.00000121. The molecule has 0 atom stereocenters. The average molecular weight is 279 g/mol. The summed E-state index contributed by atoms with van der Waals surface area (Å²) >= 11 is 0. The maximum Gasteiger partial charge on any atom is 0.338 e. The second kappa shape index (κ2) is 5.08. The average Bonchev–Trinajstić information content (AvgIpc) is 2.05. The third-order valence-corrected chi connectivity index (χ3v) is 1.40. The predicted octanol–water partition coefficient (Wildman–Crippen LogP) is -2.70. The Kier molecular flexibility index (Phi) is 4.80.